The van der Waals surface area contributed by atoms with Gasteiger partial charge in [0.2, 0.25) is 0 Å². The fourth-order valence-electron chi connectivity index (χ4n) is 6.91. The molecule has 5 atom stereocenters. The topological polar surface area (TPSA) is 37.3 Å². The molecule has 0 aliphatic heterocycles. The van der Waals surface area contributed by atoms with E-state index in [1.165, 1.54) is 27.8 Å². The fraction of sp³-hybridized carbons (Fsp3) is 0.577. The minimum atomic E-state index is -0.178. The van der Waals surface area contributed by atoms with Crippen LogP contribution in [0.2, 0.25) is 0 Å². The number of fused-ring (bicyclic) bond motifs is 4. The lowest BCUT2D eigenvalue weighted by Gasteiger charge is -2.52. The van der Waals surface area contributed by atoms with Crippen LogP contribution >= 0.6 is 0 Å². The number of carbonyl (C=O) groups is 1. The molecule has 4 aliphatic rings. The molecular weight excluding hydrogens is 344 g/mol. The molecular formula is C26H32O2. The maximum atomic E-state index is 12.1. The maximum Gasteiger partial charge on any atom is 0.156 e. The first-order chi connectivity index (χ1) is 13.4. The number of allylic oxidation sites excluding steroid dienone is 4. The third-order valence-corrected chi connectivity index (χ3v) is 8.61. The number of benzene rings is 1. The van der Waals surface area contributed by atoms with Crippen molar-refractivity contribution in [1.29, 1.82) is 0 Å². The average molecular weight is 377 g/mol. The molecule has 0 amide bonds. The van der Waals surface area contributed by atoms with Crippen LogP contribution in [-0.4, -0.2) is 17.0 Å². The molecule has 1 aromatic carbocycles. The Balaban J connectivity index is 1.69. The van der Waals surface area contributed by atoms with Crippen LogP contribution in [0.15, 0.2) is 41.0 Å². The van der Waals surface area contributed by atoms with Crippen molar-refractivity contribution in [3.8, 4) is 0 Å². The Morgan fingerprint density at radius 2 is 1.86 bits per heavy atom. The van der Waals surface area contributed by atoms with Crippen LogP contribution in [0.25, 0.3) is 0 Å². The largest absolute Gasteiger partial charge is 0.393 e. The molecule has 0 aromatic heterocycles. The van der Waals surface area contributed by atoms with Crippen molar-refractivity contribution in [2.24, 2.45) is 17.3 Å². The Hall–Kier alpha value is -1.67. The molecule has 2 nitrogen and oxygen atoms in total. The highest BCUT2D eigenvalue weighted by molar-refractivity contribution is 5.93. The van der Waals surface area contributed by atoms with Gasteiger partial charge in [-0.05, 0) is 104 Å². The number of hydrogen-bond donors (Lipinski definition) is 1. The van der Waals surface area contributed by atoms with Gasteiger partial charge in [0.25, 0.3) is 0 Å². The molecule has 2 saturated carbocycles. The first-order valence-electron chi connectivity index (χ1n) is 11.1. The second kappa shape index (κ2) is 6.42. The van der Waals surface area contributed by atoms with Crippen molar-refractivity contribution in [3.05, 3.63) is 57.7 Å². The third-order valence-electron chi connectivity index (χ3n) is 8.61. The average Bonchev–Trinajstić information content (AvgIpc) is 2.97. The Labute approximate surface area is 168 Å². The van der Waals surface area contributed by atoms with Gasteiger partial charge in [-0.3, -0.25) is 4.79 Å². The molecule has 1 aromatic rings. The first-order valence-corrected chi connectivity index (χ1v) is 11.1. The standard InChI is InChI=1S/C26H32O2/c1-15-4-5-17(12-16(15)2)22-14-26(3)23(10-11-24(26)28)21-8-6-18-13-19(27)7-9-20(18)25(21)22/h4-5,12-13,21-24,28H,6-11,14H2,1-3H3. The molecule has 28 heavy (non-hydrogen) atoms. The van der Waals surface area contributed by atoms with Crippen LogP contribution in [0.4, 0.5) is 0 Å². The highest BCUT2D eigenvalue weighted by Crippen LogP contribution is 2.63. The lowest BCUT2D eigenvalue weighted by atomic mass is 9.53. The smallest absolute Gasteiger partial charge is 0.156 e. The zero-order chi connectivity index (χ0) is 19.6. The van der Waals surface area contributed by atoms with Crippen LogP contribution in [0.5, 0.6) is 0 Å². The normalized spacial score (nSPS) is 37.3. The molecule has 0 bridgehead atoms. The molecule has 0 spiro atoms. The number of hydrogen-bond acceptors (Lipinski definition) is 2. The lowest BCUT2D eigenvalue weighted by molar-refractivity contribution is -0.114. The van der Waals surface area contributed by atoms with Crippen LogP contribution in [0.3, 0.4) is 0 Å². The molecule has 148 valence electrons. The summed E-state index contributed by atoms with van der Waals surface area (Å²) in [5, 5.41) is 10.9. The Bertz CT molecular complexity index is 905. The second-order valence-electron chi connectivity index (χ2n) is 10.0. The summed E-state index contributed by atoms with van der Waals surface area (Å²) in [6.07, 6.45) is 8.67. The van der Waals surface area contributed by atoms with Crippen LogP contribution < -0.4 is 0 Å². The molecule has 0 saturated heterocycles. The lowest BCUT2D eigenvalue weighted by Crippen LogP contribution is -2.45. The van der Waals surface area contributed by atoms with Crippen molar-refractivity contribution < 1.29 is 9.90 Å². The van der Waals surface area contributed by atoms with Crippen molar-refractivity contribution in [3.63, 3.8) is 0 Å². The molecule has 0 heterocycles. The molecule has 4 aliphatic carbocycles. The number of rotatable bonds is 1. The summed E-state index contributed by atoms with van der Waals surface area (Å²) in [6.45, 7) is 6.73. The van der Waals surface area contributed by atoms with Gasteiger partial charge in [-0.25, -0.2) is 0 Å². The van der Waals surface area contributed by atoms with Gasteiger partial charge in [0.05, 0.1) is 6.10 Å². The van der Waals surface area contributed by atoms with Crippen molar-refractivity contribution in [2.75, 3.05) is 0 Å². The van der Waals surface area contributed by atoms with Gasteiger partial charge in [-0.1, -0.05) is 30.7 Å². The molecule has 1 N–H and O–H groups in total. The van der Waals surface area contributed by atoms with Gasteiger partial charge in [-0.15, -0.1) is 0 Å². The number of aryl methyl sites for hydroxylation is 2. The van der Waals surface area contributed by atoms with Crippen molar-refractivity contribution >= 4 is 5.78 Å². The van der Waals surface area contributed by atoms with E-state index in [1.54, 1.807) is 5.57 Å². The molecule has 5 unspecified atom stereocenters. The number of aliphatic hydroxyl groups excluding tert-OH is 1. The molecule has 2 heteroatoms. The molecule has 2 fully saturated rings. The predicted octanol–water partition coefficient (Wildman–Crippen LogP) is 5.56. The Kier molecular flexibility index (Phi) is 4.21. The minimum absolute atomic E-state index is 0.0177. The molecule has 0 radical (unpaired) electrons. The zero-order valence-electron chi connectivity index (χ0n) is 17.4. The van der Waals surface area contributed by atoms with E-state index < -0.39 is 0 Å². The van der Waals surface area contributed by atoms with Gasteiger partial charge in [-0.2, -0.15) is 0 Å². The van der Waals surface area contributed by atoms with E-state index >= 15 is 0 Å². The predicted molar refractivity (Wildman–Crippen MR) is 112 cm³/mol. The van der Waals surface area contributed by atoms with E-state index in [0.717, 1.165) is 38.5 Å². The number of ketones is 1. The highest BCUT2D eigenvalue weighted by Gasteiger charge is 2.56. The van der Waals surface area contributed by atoms with Gasteiger partial charge in [0, 0.05) is 12.3 Å². The van der Waals surface area contributed by atoms with Crippen LogP contribution in [-0.2, 0) is 4.79 Å². The second-order valence-corrected chi connectivity index (χ2v) is 10.0. The van der Waals surface area contributed by atoms with Crippen LogP contribution in [0.1, 0.15) is 74.5 Å². The first kappa shape index (κ1) is 18.4. The summed E-state index contributed by atoms with van der Waals surface area (Å²) in [5.41, 5.74) is 8.57. The summed E-state index contributed by atoms with van der Waals surface area (Å²) in [5.74, 6) is 1.84. The minimum Gasteiger partial charge on any atom is -0.393 e. The van der Waals surface area contributed by atoms with Gasteiger partial charge in [0.15, 0.2) is 5.78 Å². The SMILES string of the molecule is Cc1ccc(C2CC3(C)C(O)CCC3C3CCC4=CC(=O)CCC4=C23)cc1C. The van der Waals surface area contributed by atoms with E-state index in [-0.39, 0.29) is 11.5 Å². The summed E-state index contributed by atoms with van der Waals surface area (Å²) in [4.78, 5) is 12.1. The molecule has 5 rings (SSSR count). The summed E-state index contributed by atoms with van der Waals surface area (Å²) >= 11 is 0. The summed E-state index contributed by atoms with van der Waals surface area (Å²) in [6, 6.07) is 6.95. The van der Waals surface area contributed by atoms with E-state index in [4.69, 9.17) is 0 Å². The van der Waals surface area contributed by atoms with Crippen molar-refractivity contribution in [1.82, 2.24) is 0 Å². The van der Waals surface area contributed by atoms with E-state index in [1.807, 2.05) is 6.08 Å². The van der Waals surface area contributed by atoms with E-state index in [2.05, 4.69) is 39.0 Å². The fourth-order valence-corrected chi connectivity index (χ4v) is 6.91. The third kappa shape index (κ3) is 2.60. The van der Waals surface area contributed by atoms with Crippen molar-refractivity contribution in [2.45, 2.75) is 77.7 Å². The van der Waals surface area contributed by atoms with Gasteiger partial charge < -0.3 is 5.11 Å². The van der Waals surface area contributed by atoms with Gasteiger partial charge in [0.1, 0.15) is 0 Å². The number of aliphatic hydroxyl groups is 1. The maximum absolute atomic E-state index is 12.1. The summed E-state index contributed by atoms with van der Waals surface area (Å²) < 4.78 is 0. The van der Waals surface area contributed by atoms with E-state index in [9.17, 15) is 9.90 Å². The van der Waals surface area contributed by atoms with Crippen LogP contribution in [0, 0.1) is 31.1 Å². The highest BCUT2D eigenvalue weighted by atomic mass is 16.3. The van der Waals surface area contributed by atoms with E-state index in [0.29, 0.717) is 30.0 Å². The Morgan fingerprint density at radius 1 is 1.04 bits per heavy atom. The Morgan fingerprint density at radius 3 is 2.64 bits per heavy atom. The van der Waals surface area contributed by atoms with Gasteiger partial charge >= 0.3 is 0 Å². The number of carbonyl (C=O) groups excluding carboxylic acids is 1. The summed E-state index contributed by atoms with van der Waals surface area (Å²) in [7, 11) is 0. The quantitative estimate of drug-likeness (QED) is 0.696. The monoisotopic (exact) mass is 376 g/mol. The zero-order valence-corrected chi connectivity index (χ0v) is 17.4.